The van der Waals surface area contributed by atoms with Crippen LogP contribution in [0.15, 0.2) is 46.0 Å². The summed E-state index contributed by atoms with van der Waals surface area (Å²) in [6.45, 7) is 0.178. The van der Waals surface area contributed by atoms with Crippen LogP contribution in [0.1, 0.15) is 18.4 Å². The Morgan fingerprint density at radius 1 is 1.17 bits per heavy atom. The van der Waals surface area contributed by atoms with Crippen molar-refractivity contribution in [1.29, 1.82) is 0 Å². The summed E-state index contributed by atoms with van der Waals surface area (Å²) in [6, 6.07) is 8.51. The van der Waals surface area contributed by atoms with E-state index in [2.05, 4.69) is 10.4 Å². The van der Waals surface area contributed by atoms with Crippen LogP contribution < -0.4 is 16.4 Å². The molecule has 0 aliphatic heterocycles. The first-order valence-electron chi connectivity index (χ1n) is 7.31. The van der Waals surface area contributed by atoms with Gasteiger partial charge in [0.05, 0.1) is 0 Å². The summed E-state index contributed by atoms with van der Waals surface area (Å²) in [6.07, 6.45) is 1.84. The lowest BCUT2D eigenvalue weighted by atomic mass is 9.96. The van der Waals surface area contributed by atoms with Crippen LogP contribution in [-0.4, -0.2) is 22.2 Å². The second-order valence-electron chi connectivity index (χ2n) is 5.80. The fourth-order valence-electron chi connectivity index (χ4n) is 2.57. The number of aromatic nitrogens is 2. The van der Waals surface area contributed by atoms with Crippen LogP contribution in [0.2, 0.25) is 0 Å². The third kappa shape index (κ3) is 3.39. The van der Waals surface area contributed by atoms with Crippen LogP contribution in [0, 0.1) is 5.82 Å². The third-order valence-electron chi connectivity index (χ3n) is 4.12. The Bertz CT molecular complexity index is 835. The van der Waals surface area contributed by atoms with E-state index >= 15 is 0 Å². The van der Waals surface area contributed by atoms with Crippen LogP contribution in [0.4, 0.5) is 4.39 Å². The number of carbonyl (C=O) groups excluding carboxylic acids is 1. The van der Waals surface area contributed by atoms with Crippen molar-refractivity contribution in [2.75, 3.05) is 6.54 Å². The number of benzene rings is 1. The Morgan fingerprint density at radius 2 is 1.87 bits per heavy atom. The highest BCUT2D eigenvalue weighted by Crippen LogP contribution is 2.47. The van der Waals surface area contributed by atoms with Gasteiger partial charge in [0, 0.05) is 24.1 Å². The topological polar surface area (TPSA) is 84.0 Å². The summed E-state index contributed by atoms with van der Waals surface area (Å²) in [4.78, 5) is 34.7. The van der Waals surface area contributed by atoms with Gasteiger partial charge in [-0.05, 0) is 30.5 Å². The second kappa shape index (κ2) is 5.83. The maximum absolute atomic E-state index is 13.0. The Kier molecular flexibility index (Phi) is 3.85. The summed E-state index contributed by atoms with van der Waals surface area (Å²) >= 11 is 0. The van der Waals surface area contributed by atoms with Gasteiger partial charge in [0.2, 0.25) is 5.91 Å². The number of carbonyl (C=O) groups is 1. The summed E-state index contributed by atoms with van der Waals surface area (Å²) in [7, 11) is 0. The highest BCUT2D eigenvalue weighted by Gasteiger charge is 2.44. The first-order chi connectivity index (χ1) is 11.0. The lowest BCUT2D eigenvalue weighted by Crippen LogP contribution is -2.38. The van der Waals surface area contributed by atoms with Crippen LogP contribution in [0.5, 0.6) is 0 Å². The van der Waals surface area contributed by atoms with Crippen LogP contribution in [0.3, 0.4) is 0 Å². The van der Waals surface area contributed by atoms with E-state index < -0.39 is 11.1 Å². The molecule has 0 unspecified atom stereocenters. The summed E-state index contributed by atoms with van der Waals surface area (Å²) in [5, 5.41) is 5.08. The molecule has 120 valence electrons. The molecule has 1 amide bonds. The van der Waals surface area contributed by atoms with Gasteiger partial charge in [-0.2, -0.15) is 0 Å². The van der Waals surface area contributed by atoms with Gasteiger partial charge >= 0.3 is 0 Å². The average molecular weight is 317 g/mol. The number of nitrogens with zero attached hydrogens (tertiary/aromatic N) is 1. The van der Waals surface area contributed by atoms with Crippen LogP contribution in [0.25, 0.3) is 0 Å². The second-order valence-corrected chi connectivity index (χ2v) is 5.80. The van der Waals surface area contributed by atoms with Crippen molar-refractivity contribution in [3.05, 3.63) is 68.5 Å². The molecule has 1 heterocycles. The van der Waals surface area contributed by atoms with Crippen molar-refractivity contribution in [2.24, 2.45) is 0 Å². The molecule has 0 bridgehead atoms. The first kappa shape index (κ1) is 15.2. The van der Waals surface area contributed by atoms with Gasteiger partial charge in [-0.25, -0.2) is 9.07 Å². The maximum atomic E-state index is 13.0. The Labute approximate surface area is 130 Å². The van der Waals surface area contributed by atoms with Crippen molar-refractivity contribution in [3.63, 3.8) is 0 Å². The predicted molar refractivity (Wildman–Crippen MR) is 81.6 cm³/mol. The van der Waals surface area contributed by atoms with E-state index in [1.165, 1.54) is 12.1 Å². The number of rotatable bonds is 5. The molecular weight excluding hydrogens is 301 g/mol. The van der Waals surface area contributed by atoms with Gasteiger partial charge in [0.1, 0.15) is 12.4 Å². The molecule has 1 aliphatic carbocycles. The minimum Gasteiger partial charge on any atom is -0.354 e. The normalized spacial score (nSPS) is 15.2. The van der Waals surface area contributed by atoms with E-state index in [1.807, 2.05) is 0 Å². The van der Waals surface area contributed by atoms with E-state index in [0.29, 0.717) is 6.54 Å². The molecule has 1 aliphatic rings. The lowest BCUT2D eigenvalue weighted by molar-refractivity contribution is -0.122. The lowest BCUT2D eigenvalue weighted by Gasteiger charge is -2.17. The molecule has 1 saturated carbocycles. The highest BCUT2D eigenvalue weighted by atomic mass is 19.1. The van der Waals surface area contributed by atoms with E-state index in [1.54, 1.807) is 12.1 Å². The molecular formula is C16H16FN3O3. The quantitative estimate of drug-likeness (QED) is 0.843. The Hall–Kier alpha value is -2.70. The highest BCUT2D eigenvalue weighted by molar-refractivity contribution is 5.75. The monoisotopic (exact) mass is 317 g/mol. The van der Waals surface area contributed by atoms with Crippen LogP contribution >= 0.6 is 0 Å². The molecule has 1 aromatic carbocycles. The van der Waals surface area contributed by atoms with Crippen molar-refractivity contribution < 1.29 is 9.18 Å². The molecule has 1 fully saturated rings. The zero-order chi connectivity index (χ0) is 16.4. The van der Waals surface area contributed by atoms with E-state index in [4.69, 9.17) is 0 Å². The van der Waals surface area contributed by atoms with Gasteiger partial charge in [-0.1, -0.05) is 12.1 Å². The number of nitrogens with one attached hydrogen (secondary N) is 2. The van der Waals surface area contributed by atoms with Crippen LogP contribution in [-0.2, 0) is 16.8 Å². The predicted octanol–water partition coefficient (Wildman–Crippen LogP) is 0.524. The number of hydrogen-bond acceptors (Lipinski definition) is 3. The fourth-order valence-corrected chi connectivity index (χ4v) is 2.57. The number of halogens is 1. The van der Waals surface area contributed by atoms with Gasteiger partial charge in [-0.3, -0.25) is 19.5 Å². The minimum atomic E-state index is -0.445. The first-order valence-corrected chi connectivity index (χ1v) is 7.31. The zero-order valence-electron chi connectivity index (χ0n) is 12.3. The molecule has 6 nitrogen and oxygen atoms in total. The molecule has 0 saturated heterocycles. The van der Waals surface area contributed by atoms with E-state index in [0.717, 1.165) is 35.2 Å². The molecule has 23 heavy (non-hydrogen) atoms. The van der Waals surface area contributed by atoms with E-state index in [9.17, 15) is 18.8 Å². The van der Waals surface area contributed by atoms with E-state index in [-0.39, 0.29) is 23.7 Å². The molecule has 3 rings (SSSR count). The summed E-state index contributed by atoms with van der Waals surface area (Å²) < 4.78 is 14.0. The number of aromatic amines is 1. The largest absolute Gasteiger partial charge is 0.354 e. The Balaban J connectivity index is 1.63. The van der Waals surface area contributed by atoms with Gasteiger partial charge in [-0.15, -0.1) is 0 Å². The molecule has 0 radical (unpaired) electrons. The van der Waals surface area contributed by atoms with Gasteiger partial charge in [0.15, 0.2) is 0 Å². The average Bonchev–Trinajstić information content (AvgIpc) is 3.31. The molecule has 2 aromatic rings. The van der Waals surface area contributed by atoms with Crippen molar-refractivity contribution in [2.45, 2.75) is 24.8 Å². The van der Waals surface area contributed by atoms with Crippen molar-refractivity contribution >= 4 is 5.91 Å². The molecule has 7 heteroatoms. The zero-order valence-corrected chi connectivity index (χ0v) is 12.3. The number of amides is 1. The smallest absolute Gasteiger partial charge is 0.265 e. The standard InChI is InChI=1S/C16H16FN3O3/c17-12-3-1-11(2-4-12)16(7-8-16)10-18-14(22)9-20-15(23)6-5-13(21)19-20/h1-6H,7-10H2,(H,18,22)(H,19,21). The Morgan fingerprint density at radius 3 is 2.52 bits per heavy atom. The SMILES string of the molecule is O=C(Cn1[nH]c(=O)ccc1=O)NCC1(c2ccc(F)cc2)CC1. The van der Waals surface area contributed by atoms with Gasteiger partial charge < -0.3 is 5.32 Å². The molecule has 0 spiro atoms. The fraction of sp³-hybridized carbons (Fsp3) is 0.312. The van der Waals surface area contributed by atoms with Crippen molar-refractivity contribution in [1.82, 2.24) is 15.1 Å². The minimum absolute atomic E-state index is 0.154. The number of hydrogen-bond donors (Lipinski definition) is 2. The summed E-state index contributed by atoms with van der Waals surface area (Å²) in [5.74, 6) is -0.650. The third-order valence-corrected chi connectivity index (χ3v) is 4.12. The maximum Gasteiger partial charge on any atom is 0.265 e. The van der Waals surface area contributed by atoms with Gasteiger partial charge in [0.25, 0.3) is 11.1 Å². The molecule has 0 atom stereocenters. The van der Waals surface area contributed by atoms with Crippen molar-refractivity contribution in [3.8, 4) is 0 Å². The molecule has 1 aromatic heterocycles. The summed E-state index contributed by atoms with van der Waals surface area (Å²) in [5.41, 5.74) is -0.0513. The number of H-pyrrole nitrogens is 1. The molecule has 2 N–H and O–H groups in total.